The molecule has 4 nitrogen and oxygen atoms in total. The van der Waals surface area contributed by atoms with Crippen LogP contribution in [-0.2, 0) is 11.4 Å². The van der Waals surface area contributed by atoms with Crippen LogP contribution in [0.5, 0.6) is 5.75 Å². The van der Waals surface area contributed by atoms with Gasteiger partial charge in [0.15, 0.2) is 6.61 Å². The third kappa shape index (κ3) is 4.21. The Balaban J connectivity index is 1.95. The van der Waals surface area contributed by atoms with Crippen LogP contribution in [0.15, 0.2) is 24.3 Å². The first-order valence-corrected chi connectivity index (χ1v) is 7.75. The normalized spacial score (nSPS) is 15.4. The number of rotatable bonds is 6. The molecule has 1 fully saturated rings. The second-order valence-electron chi connectivity index (χ2n) is 5.93. The molecule has 0 heterocycles. The molecule has 0 spiro atoms. The molecule has 1 saturated carbocycles. The molecule has 0 radical (unpaired) electrons. The fraction of sp³-hybridized carbons (Fsp3) is 0.588. The summed E-state index contributed by atoms with van der Waals surface area (Å²) in [5.74, 6) is 0.677. The topological polar surface area (TPSA) is 49.8 Å². The molecule has 21 heavy (non-hydrogen) atoms. The van der Waals surface area contributed by atoms with Crippen molar-refractivity contribution >= 4 is 5.91 Å². The minimum atomic E-state index is -0.0225. The Labute approximate surface area is 126 Å². The molecule has 2 rings (SSSR count). The lowest BCUT2D eigenvalue weighted by Gasteiger charge is -2.32. The molecule has 0 aromatic heterocycles. The average Bonchev–Trinajstić information content (AvgIpc) is 2.99. The average molecular weight is 291 g/mol. The van der Waals surface area contributed by atoms with Crippen LogP contribution in [0.25, 0.3) is 0 Å². The number of carbonyl (C=O) groups is 1. The van der Waals surface area contributed by atoms with Gasteiger partial charge in [-0.25, -0.2) is 0 Å². The van der Waals surface area contributed by atoms with Gasteiger partial charge in [-0.1, -0.05) is 25.0 Å². The molecular formula is C17H25NO3. The Hall–Kier alpha value is -1.55. The SMILES string of the molecule is CC(C)N(C(=O)COc1cccc(CO)c1)C1CCCC1. The van der Waals surface area contributed by atoms with E-state index in [1.54, 1.807) is 6.07 Å². The summed E-state index contributed by atoms with van der Waals surface area (Å²) >= 11 is 0. The summed E-state index contributed by atoms with van der Waals surface area (Å²) in [7, 11) is 0. The van der Waals surface area contributed by atoms with Gasteiger partial charge in [-0.2, -0.15) is 0 Å². The van der Waals surface area contributed by atoms with Crippen molar-refractivity contribution in [1.82, 2.24) is 4.90 Å². The van der Waals surface area contributed by atoms with Gasteiger partial charge >= 0.3 is 0 Å². The van der Waals surface area contributed by atoms with Gasteiger partial charge in [-0.15, -0.1) is 0 Å². The molecule has 1 aliphatic carbocycles. The van der Waals surface area contributed by atoms with E-state index in [1.165, 1.54) is 12.8 Å². The minimum Gasteiger partial charge on any atom is -0.484 e. The molecule has 4 heteroatoms. The maximum atomic E-state index is 12.5. The lowest BCUT2D eigenvalue weighted by Crippen LogP contribution is -2.45. The van der Waals surface area contributed by atoms with E-state index in [0.29, 0.717) is 11.8 Å². The smallest absolute Gasteiger partial charge is 0.260 e. The monoisotopic (exact) mass is 291 g/mol. The zero-order valence-corrected chi connectivity index (χ0v) is 12.9. The molecule has 1 aromatic carbocycles. The first-order valence-electron chi connectivity index (χ1n) is 7.75. The summed E-state index contributed by atoms with van der Waals surface area (Å²) in [5.41, 5.74) is 0.788. The van der Waals surface area contributed by atoms with Crippen LogP contribution in [0.2, 0.25) is 0 Å². The molecule has 0 unspecified atom stereocenters. The zero-order valence-electron chi connectivity index (χ0n) is 12.9. The third-order valence-electron chi connectivity index (χ3n) is 4.01. The van der Waals surface area contributed by atoms with Gasteiger partial charge in [0.1, 0.15) is 5.75 Å². The lowest BCUT2D eigenvalue weighted by atomic mass is 10.1. The Morgan fingerprint density at radius 2 is 2.10 bits per heavy atom. The summed E-state index contributed by atoms with van der Waals surface area (Å²) in [5, 5.41) is 9.11. The predicted octanol–water partition coefficient (Wildman–Crippen LogP) is 2.74. The molecule has 1 aliphatic rings. The number of amides is 1. The van der Waals surface area contributed by atoms with Crippen molar-refractivity contribution < 1.29 is 14.6 Å². The maximum Gasteiger partial charge on any atom is 0.260 e. The zero-order chi connectivity index (χ0) is 15.2. The standard InChI is InChI=1S/C17H25NO3/c1-13(2)18(15-7-3-4-8-15)17(20)12-21-16-9-5-6-14(10-16)11-19/h5-6,9-10,13,15,19H,3-4,7-8,11-12H2,1-2H3. The summed E-state index contributed by atoms with van der Waals surface area (Å²) in [4.78, 5) is 14.4. The lowest BCUT2D eigenvalue weighted by molar-refractivity contribution is -0.137. The molecule has 1 N–H and O–H groups in total. The number of benzene rings is 1. The Morgan fingerprint density at radius 1 is 1.38 bits per heavy atom. The summed E-state index contributed by atoms with van der Waals surface area (Å²) in [6.45, 7) is 4.15. The number of aliphatic hydroxyl groups excluding tert-OH is 1. The van der Waals surface area contributed by atoms with Crippen molar-refractivity contribution in [1.29, 1.82) is 0 Å². The highest BCUT2D eigenvalue weighted by atomic mass is 16.5. The van der Waals surface area contributed by atoms with Gasteiger partial charge in [-0.05, 0) is 44.4 Å². The van der Waals surface area contributed by atoms with E-state index in [0.717, 1.165) is 18.4 Å². The fourth-order valence-corrected chi connectivity index (χ4v) is 3.05. The molecule has 0 atom stereocenters. The number of carbonyl (C=O) groups excluding carboxylic acids is 1. The van der Waals surface area contributed by atoms with Crippen molar-refractivity contribution in [2.75, 3.05) is 6.61 Å². The minimum absolute atomic E-state index is 0.0225. The van der Waals surface area contributed by atoms with E-state index in [9.17, 15) is 4.79 Å². The molecule has 1 aromatic rings. The van der Waals surface area contributed by atoms with Crippen LogP contribution in [0.1, 0.15) is 45.1 Å². The summed E-state index contributed by atoms with van der Waals surface area (Å²) < 4.78 is 5.60. The summed E-state index contributed by atoms with van der Waals surface area (Å²) in [6.07, 6.45) is 4.62. The predicted molar refractivity (Wildman–Crippen MR) is 82.1 cm³/mol. The van der Waals surface area contributed by atoms with Crippen LogP contribution in [0, 0.1) is 0 Å². The van der Waals surface area contributed by atoms with Crippen LogP contribution in [0.4, 0.5) is 0 Å². The van der Waals surface area contributed by atoms with E-state index in [1.807, 2.05) is 23.1 Å². The molecular weight excluding hydrogens is 266 g/mol. The van der Waals surface area contributed by atoms with Crippen molar-refractivity contribution in [3.63, 3.8) is 0 Å². The Morgan fingerprint density at radius 3 is 2.71 bits per heavy atom. The number of ether oxygens (including phenoxy) is 1. The second-order valence-corrected chi connectivity index (χ2v) is 5.93. The van der Waals surface area contributed by atoms with Gasteiger partial charge in [0, 0.05) is 12.1 Å². The highest BCUT2D eigenvalue weighted by molar-refractivity contribution is 5.78. The van der Waals surface area contributed by atoms with Gasteiger partial charge in [0.05, 0.1) is 6.61 Å². The largest absolute Gasteiger partial charge is 0.484 e. The fourth-order valence-electron chi connectivity index (χ4n) is 3.05. The van der Waals surface area contributed by atoms with Gasteiger partial charge in [0.25, 0.3) is 5.91 Å². The van der Waals surface area contributed by atoms with Crippen LogP contribution < -0.4 is 4.74 Å². The summed E-state index contributed by atoms with van der Waals surface area (Å²) in [6, 6.07) is 7.79. The van der Waals surface area contributed by atoms with E-state index >= 15 is 0 Å². The van der Waals surface area contributed by atoms with E-state index < -0.39 is 0 Å². The number of nitrogens with zero attached hydrogens (tertiary/aromatic N) is 1. The van der Waals surface area contributed by atoms with Crippen molar-refractivity contribution in [2.45, 2.75) is 58.2 Å². The van der Waals surface area contributed by atoms with Gasteiger partial charge in [-0.3, -0.25) is 4.79 Å². The van der Waals surface area contributed by atoms with Crippen molar-refractivity contribution in [3.05, 3.63) is 29.8 Å². The van der Waals surface area contributed by atoms with E-state index in [2.05, 4.69) is 13.8 Å². The number of hydrogen-bond donors (Lipinski definition) is 1. The van der Waals surface area contributed by atoms with Gasteiger partial charge < -0.3 is 14.7 Å². The quantitative estimate of drug-likeness (QED) is 0.876. The highest BCUT2D eigenvalue weighted by Gasteiger charge is 2.28. The van der Waals surface area contributed by atoms with Crippen LogP contribution >= 0.6 is 0 Å². The molecule has 0 bridgehead atoms. The second kappa shape index (κ2) is 7.46. The van der Waals surface area contributed by atoms with E-state index in [4.69, 9.17) is 9.84 Å². The van der Waals surface area contributed by atoms with Crippen molar-refractivity contribution in [2.24, 2.45) is 0 Å². The molecule has 116 valence electrons. The number of aliphatic hydroxyl groups is 1. The Bertz CT molecular complexity index is 467. The first kappa shape index (κ1) is 15.8. The molecule has 0 saturated heterocycles. The van der Waals surface area contributed by atoms with Crippen molar-refractivity contribution in [3.8, 4) is 5.75 Å². The Kier molecular flexibility index (Phi) is 5.62. The first-order chi connectivity index (χ1) is 10.1. The van der Waals surface area contributed by atoms with Crippen LogP contribution in [0.3, 0.4) is 0 Å². The molecule has 1 amide bonds. The highest BCUT2D eigenvalue weighted by Crippen LogP contribution is 2.25. The number of hydrogen-bond acceptors (Lipinski definition) is 3. The third-order valence-corrected chi connectivity index (χ3v) is 4.01. The molecule has 0 aliphatic heterocycles. The van der Waals surface area contributed by atoms with Crippen LogP contribution in [-0.4, -0.2) is 34.6 Å². The van der Waals surface area contributed by atoms with E-state index in [-0.39, 0.29) is 25.2 Å². The van der Waals surface area contributed by atoms with Gasteiger partial charge in [0.2, 0.25) is 0 Å². The maximum absolute atomic E-state index is 12.5.